The third-order valence-electron chi connectivity index (χ3n) is 5.49. The second kappa shape index (κ2) is 19.5. The van der Waals surface area contributed by atoms with Gasteiger partial charge in [0.15, 0.2) is 0 Å². The van der Waals surface area contributed by atoms with Gasteiger partial charge < -0.3 is 9.47 Å². The predicted molar refractivity (Wildman–Crippen MR) is 158 cm³/mol. The van der Waals surface area contributed by atoms with Crippen LogP contribution in [0.1, 0.15) is 87.9 Å². The van der Waals surface area contributed by atoms with E-state index in [4.69, 9.17) is 9.47 Å². The molecule has 0 aliphatic heterocycles. The summed E-state index contributed by atoms with van der Waals surface area (Å²) in [5, 5.41) is 0. The SMILES string of the molecule is CC(C)=CCC/C(C)=C/COC(=O)c1ccccc1.CC(C)=CCC/C(C)=C/COC(=O)c1ccccc1. The van der Waals surface area contributed by atoms with E-state index in [1.165, 1.54) is 22.3 Å². The van der Waals surface area contributed by atoms with Crippen molar-refractivity contribution in [1.82, 2.24) is 0 Å². The molecule has 0 saturated carbocycles. The minimum absolute atomic E-state index is 0.269. The Morgan fingerprint density at radius 3 is 1.21 bits per heavy atom. The van der Waals surface area contributed by atoms with Crippen molar-refractivity contribution in [2.24, 2.45) is 0 Å². The second-order valence-electron chi connectivity index (χ2n) is 9.67. The predicted octanol–water partition coefficient (Wildman–Crippen LogP) is 9.07. The largest absolute Gasteiger partial charge is 0.458 e. The van der Waals surface area contributed by atoms with E-state index < -0.39 is 0 Å². The highest BCUT2D eigenvalue weighted by atomic mass is 16.5. The summed E-state index contributed by atoms with van der Waals surface area (Å²) in [6.07, 6.45) is 12.5. The average molecular weight is 517 g/mol. The van der Waals surface area contributed by atoms with Gasteiger partial charge in [-0.25, -0.2) is 9.59 Å². The quantitative estimate of drug-likeness (QED) is 0.208. The van der Waals surface area contributed by atoms with Crippen LogP contribution < -0.4 is 0 Å². The lowest BCUT2D eigenvalue weighted by molar-refractivity contribution is 0.0539. The van der Waals surface area contributed by atoms with Crippen LogP contribution in [0.4, 0.5) is 0 Å². The van der Waals surface area contributed by atoms with Crippen molar-refractivity contribution in [3.8, 4) is 0 Å². The fourth-order valence-corrected chi connectivity index (χ4v) is 3.22. The van der Waals surface area contributed by atoms with Crippen molar-refractivity contribution in [2.75, 3.05) is 13.2 Å². The Balaban J connectivity index is 0.000000380. The van der Waals surface area contributed by atoms with Gasteiger partial charge in [-0.15, -0.1) is 0 Å². The van der Waals surface area contributed by atoms with Gasteiger partial charge in [0.2, 0.25) is 0 Å². The van der Waals surface area contributed by atoms with Crippen LogP contribution in [0.5, 0.6) is 0 Å². The first kappa shape index (κ1) is 32.4. The van der Waals surface area contributed by atoms with Crippen molar-refractivity contribution in [2.45, 2.75) is 67.2 Å². The van der Waals surface area contributed by atoms with E-state index in [1.807, 2.05) is 48.6 Å². The van der Waals surface area contributed by atoms with E-state index >= 15 is 0 Å². The summed E-state index contributed by atoms with van der Waals surface area (Å²) in [7, 11) is 0. The molecule has 0 aliphatic carbocycles. The molecular formula is C34H44O4. The molecule has 0 bridgehead atoms. The minimum atomic E-state index is -0.269. The highest BCUT2D eigenvalue weighted by molar-refractivity contribution is 5.89. The van der Waals surface area contributed by atoms with E-state index in [9.17, 15) is 9.59 Å². The molecule has 0 atom stereocenters. The zero-order chi connectivity index (χ0) is 28.2. The number of rotatable bonds is 12. The van der Waals surface area contributed by atoms with Crippen molar-refractivity contribution in [3.63, 3.8) is 0 Å². The van der Waals surface area contributed by atoms with Crippen molar-refractivity contribution >= 4 is 11.9 Å². The van der Waals surface area contributed by atoms with E-state index in [0.29, 0.717) is 24.3 Å². The molecule has 0 heterocycles. The molecule has 0 amide bonds. The van der Waals surface area contributed by atoms with Crippen molar-refractivity contribution in [1.29, 1.82) is 0 Å². The molecule has 0 saturated heterocycles. The lowest BCUT2D eigenvalue weighted by atomic mass is 10.1. The fraction of sp³-hybridized carbons (Fsp3) is 0.353. The second-order valence-corrected chi connectivity index (χ2v) is 9.67. The molecule has 0 N–H and O–H groups in total. The molecule has 2 rings (SSSR count). The van der Waals surface area contributed by atoms with Gasteiger partial charge in [-0.1, -0.05) is 70.8 Å². The topological polar surface area (TPSA) is 52.6 Å². The molecule has 0 radical (unpaired) electrons. The molecule has 0 spiro atoms. The number of allylic oxidation sites excluding steroid dienone is 6. The molecule has 0 unspecified atom stereocenters. The van der Waals surface area contributed by atoms with E-state index in [-0.39, 0.29) is 11.9 Å². The smallest absolute Gasteiger partial charge is 0.338 e. The Morgan fingerprint density at radius 1 is 0.553 bits per heavy atom. The molecule has 2 aromatic carbocycles. The fourth-order valence-electron chi connectivity index (χ4n) is 3.22. The van der Waals surface area contributed by atoms with Gasteiger partial charge in [-0.05, 0) is 104 Å². The monoisotopic (exact) mass is 516 g/mol. The molecular weight excluding hydrogens is 472 g/mol. The number of ether oxygens (including phenoxy) is 2. The van der Waals surface area contributed by atoms with Gasteiger partial charge in [-0.3, -0.25) is 0 Å². The van der Waals surface area contributed by atoms with Crippen LogP contribution in [0.3, 0.4) is 0 Å². The summed E-state index contributed by atoms with van der Waals surface area (Å²) in [6.45, 7) is 13.2. The number of hydrogen-bond donors (Lipinski definition) is 0. The van der Waals surface area contributed by atoms with Gasteiger partial charge in [0, 0.05) is 0 Å². The van der Waals surface area contributed by atoms with Gasteiger partial charge >= 0.3 is 11.9 Å². The highest BCUT2D eigenvalue weighted by Crippen LogP contribution is 2.08. The summed E-state index contributed by atoms with van der Waals surface area (Å²) in [5.41, 5.74) is 6.36. The van der Waals surface area contributed by atoms with E-state index in [2.05, 4.69) is 53.7 Å². The lowest BCUT2D eigenvalue weighted by Crippen LogP contribution is -2.04. The first-order chi connectivity index (χ1) is 18.2. The summed E-state index contributed by atoms with van der Waals surface area (Å²) in [5.74, 6) is -0.539. The van der Waals surface area contributed by atoms with Crippen molar-refractivity contribution < 1.29 is 19.1 Å². The third-order valence-corrected chi connectivity index (χ3v) is 5.49. The maximum absolute atomic E-state index is 11.7. The normalized spacial score (nSPS) is 11.0. The van der Waals surface area contributed by atoms with Crippen molar-refractivity contribution in [3.05, 3.63) is 118 Å². The molecule has 0 aliphatic rings. The molecule has 0 fully saturated rings. The molecule has 204 valence electrons. The van der Waals surface area contributed by atoms with Crippen LogP contribution in [-0.4, -0.2) is 25.2 Å². The average Bonchev–Trinajstić information content (AvgIpc) is 2.89. The van der Waals surface area contributed by atoms with Crippen LogP contribution in [-0.2, 0) is 9.47 Å². The van der Waals surface area contributed by atoms with Gasteiger partial charge in [0.25, 0.3) is 0 Å². The third kappa shape index (κ3) is 16.2. The van der Waals surface area contributed by atoms with Gasteiger partial charge in [0.1, 0.15) is 13.2 Å². The van der Waals surface area contributed by atoms with E-state index in [1.54, 1.807) is 24.3 Å². The zero-order valence-corrected chi connectivity index (χ0v) is 24.0. The lowest BCUT2D eigenvalue weighted by Gasteiger charge is -2.03. The van der Waals surface area contributed by atoms with Crippen LogP contribution in [0.25, 0.3) is 0 Å². The molecule has 4 nitrogen and oxygen atoms in total. The molecule has 0 aromatic heterocycles. The zero-order valence-electron chi connectivity index (χ0n) is 24.0. The Morgan fingerprint density at radius 2 is 0.895 bits per heavy atom. The van der Waals surface area contributed by atoms with Gasteiger partial charge in [0.05, 0.1) is 11.1 Å². The summed E-state index contributed by atoms with van der Waals surface area (Å²) >= 11 is 0. The molecule has 38 heavy (non-hydrogen) atoms. The Hall–Kier alpha value is -3.66. The first-order valence-electron chi connectivity index (χ1n) is 13.2. The number of carbonyl (C=O) groups is 2. The Kier molecular flexibility index (Phi) is 16.6. The van der Waals surface area contributed by atoms with Crippen LogP contribution in [0, 0.1) is 0 Å². The minimum Gasteiger partial charge on any atom is -0.458 e. The maximum atomic E-state index is 11.7. The highest BCUT2D eigenvalue weighted by Gasteiger charge is 2.05. The van der Waals surface area contributed by atoms with Gasteiger partial charge in [-0.2, -0.15) is 0 Å². The molecule has 4 heteroatoms. The maximum Gasteiger partial charge on any atom is 0.338 e. The summed E-state index contributed by atoms with van der Waals surface area (Å²) in [6, 6.07) is 18.1. The summed E-state index contributed by atoms with van der Waals surface area (Å²) in [4.78, 5) is 23.3. The standard InChI is InChI=1S/2C17H22O2/c2*1-14(2)8-7-9-15(3)12-13-19-17(18)16-10-5-4-6-11-16/h2*4-6,8,10-12H,7,9,13H2,1-3H3/b2*15-12+. The number of carbonyl (C=O) groups excluding carboxylic acids is 2. The van der Waals surface area contributed by atoms with E-state index in [0.717, 1.165) is 25.7 Å². The Bertz CT molecular complexity index is 992. The van der Waals surface area contributed by atoms with Crippen LogP contribution >= 0.6 is 0 Å². The first-order valence-corrected chi connectivity index (χ1v) is 13.2. The van der Waals surface area contributed by atoms with Crippen LogP contribution in [0.2, 0.25) is 0 Å². The number of benzene rings is 2. The van der Waals surface area contributed by atoms with Crippen LogP contribution in [0.15, 0.2) is 107 Å². The summed E-state index contributed by atoms with van der Waals surface area (Å²) < 4.78 is 10.4. The Labute approximate surface area is 229 Å². The molecule has 2 aromatic rings. The number of esters is 2. The number of hydrogen-bond acceptors (Lipinski definition) is 4.